The summed E-state index contributed by atoms with van der Waals surface area (Å²) in [5, 5.41) is 0. The van der Waals surface area contributed by atoms with Crippen molar-refractivity contribution in [2.24, 2.45) is 0 Å². The summed E-state index contributed by atoms with van der Waals surface area (Å²) in [4.78, 5) is 12.7. The van der Waals surface area contributed by atoms with Crippen molar-refractivity contribution < 1.29 is 14.3 Å². The van der Waals surface area contributed by atoms with E-state index in [1.54, 1.807) is 0 Å². The number of hydrogen-bond acceptors (Lipinski definition) is 3. The van der Waals surface area contributed by atoms with Crippen molar-refractivity contribution >= 4 is 5.78 Å². The molecular formula is C18H18O3. The molecule has 0 saturated carbocycles. The van der Waals surface area contributed by atoms with E-state index in [-0.39, 0.29) is 11.9 Å². The first-order chi connectivity index (χ1) is 10.2. The van der Waals surface area contributed by atoms with Gasteiger partial charge in [-0.1, -0.05) is 36.4 Å². The van der Waals surface area contributed by atoms with Gasteiger partial charge < -0.3 is 9.47 Å². The fraction of sp³-hybridized carbons (Fsp3) is 0.278. The summed E-state index contributed by atoms with van der Waals surface area (Å²) < 4.78 is 10.9. The van der Waals surface area contributed by atoms with E-state index in [0.29, 0.717) is 12.2 Å². The normalized spacial score (nSPS) is 16.6. The number of ether oxygens (including phenoxy) is 2. The molecule has 108 valence electrons. The van der Waals surface area contributed by atoms with Gasteiger partial charge in [-0.2, -0.15) is 0 Å². The summed E-state index contributed by atoms with van der Waals surface area (Å²) in [6.45, 7) is 5.19. The summed E-state index contributed by atoms with van der Waals surface area (Å²) in [5.74, 6) is 0.795. The molecule has 0 aromatic heterocycles. The van der Waals surface area contributed by atoms with Gasteiger partial charge in [-0.15, -0.1) is 0 Å². The van der Waals surface area contributed by atoms with Crippen LogP contribution in [0.2, 0.25) is 0 Å². The summed E-state index contributed by atoms with van der Waals surface area (Å²) >= 11 is 0. The zero-order valence-corrected chi connectivity index (χ0v) is 12.3. The van der Waals surface area contributed by atoms with Crippen molar-refractivity contribution in [1.29, 1.82) is 0 Å². The highest BCUT2D eigenvalue weighted by Gasteiger charge is 2.24. The van der Waals surface area contributed by atoms with Crippen LogP contribution in [0.3, 0.4) is 0 Å². The Morgan fingerprint density at radius 2 is 1.86 bits per heavy atom. The second kappa shape index (κ2) is 5.70. The number of benzene rings is 2. The number of aryl methyl sites for hydroxylation is 1. The smallest absolute Gasteiger partial charge is 0.193 e. The lowest BCUT2D eigenvalue weighted by Gasteiger charge is -2.12. The standard InChI is InChI=1S/C18H18O3/c1-12-6-3-4-7-15(12)18(19)16-8-5-9-17(13(16)2)21-11-14-10-20-14/h3-9,14H,10-11H2,1-2H3. The van der Waals surface area contributed by atoms with Gasteiger partial charge in [0, 0.05) is 16.7 Å². The Hall–Kier alpha value is -2.13. The highest BCUT2D eigenvalue weighted by molar-refractivity contribution is 6.11. The Morgan fingerprint density at radius 3 is 2.57 bits per heavy atom. The molecule has 1 aliphatic heterocycles. The lowest BCUT2D eigenvalue weighted by molar-refractivity contribution is 0.103. The van der Waals surface area contributed by atoms with Gasteiger partial charge in [-0.05, 0) is 25.5 Å². The molecule has 2 aromatic rings. The summed E-state index contributed by atoms with van der Waals surface area (Å²) in [6.07, 6.45) is 0.208. The molecular weight excluding hydrogens is 264 g/mol. The predicted octanol–water partition coefficient (Wildman–Crippen LogP) is 3.31. The van der Waals surface area contributed by atoms with Gasteiger partial charge in [0.25, 0.3) is 0 Å². The monoisotopic (exact) mass is 282 g/mol. The van der Waals surface area contributed by atoms with E-state index in [1.807, 2.05) is 56.3 Å². The molecule has 1 heterocycles. The lowest BCUT2D eigenvalue weighted by atomic mass is 9.96. The second-order valence-electron chi connectivity index (χ2n) is 5.34. The van der Waals surface area contributed by atoms with Crippen LogP contribution < -0.4 is 4.74 Å². The van der Waals surface area contributed by atoms with Crippen molar-refractivity contribution in [3.05, 3.63) is 64.7 Å². The van der Waals surface area contributed by atoms with Gasteiger partial charge in [0.2, 0.25) is 0 Å². The highest BCUT2D eigenvalue weighted by atomic mass is 16.6. The van der Waals surface area contributed by atoms with Crippen LogP contribution in [0, 0.1) is 13.8 Å². The minimum atomic E-state index is 0.0405. The third-order valence-electron chi connectivity index (χ3n) is 3.75. The van der Waals surface area contributed by atoms with E-state index < -0.39 is 0 Å². The third-order valence-corrected chi connectivity index (χ3v) is 3.75. The molecule has 0 N–H and O–H groups in total. The molecule has 1 fully saturated rings. The van der Waals surface area contributed by atoms with Crippen LogP contribution in [-0.4, -0.2) is 25.1 Å². The third kappa shape index (κ3) is 2.98. The van der Waals surface area contributed by atoms with E-state index in [0.717, 1.165) is 29.0 Å². The molecule has 1 aliphatic rings. The highest BCUT2D eigenvalue weighted by Crippen LogP contribution is 2.25. The lowest BCUT2D eigenvalue weighted by Crippen LogP contribution is -2.09. The van der Waals surface area contributed by atoms with E-state index in [1.165, 1.54) is 0 Å². The number of rotatable bonds is 5. The van der Waals surface area contributed by atoms with Crippen molar-refractivity contribution in [2.45, 2.75) is 20.0 Å². The van der Waals surface area contributed by atoms with Gasteiger partial charge in [0.15, 0.2) is 5.78 Å². The zero-order valence-electron chi connectivity index (χ0n) is 12.3. The molecule has 0 spiro atoms. The van der Waals surface area contributed by atoms with Crippen LogP contribution >= 0.6 is 0 Å². The van der Waals surface area contributed by atoms with Gasteiger partial charge in [0.1, 0.15) is 18.5 Å². The Balaban J connectivity index is 1.89. The van der Waals surface area contributed by atoms with Crippen LogP contribution in [0.25, 0.3) is 0 Å². The van der Waals surface area contributed by atoms with Crippen LogP contribution in [0.1, 0.15) is 27.0 Å². The van der Waals surface area contributed by atoms with Crippen molar-refractivity contribution in [1.82, 2.24) is 0 Å². The molecule has 2 aromatic carbocycles. The molecule has 1 saturated heterocycles. The van der Waals surface area contributed by atoms with Crippen molar-refractivity contribution in [2.75, 3.05) is 13.2 Å². The van der Waals surface area contributed by atoms with Crippen molar-refractivity contribution in [3.63, 3.8) is 0 Å². The van der Waals surface area contributed by atoms with E-state index in [4.69, 9.17) is 9.47 Å². The Labute approximate surface area is 124 Å². The number of epoxide rings is 1. The van der Waals surface area contributed by atoms with E-state index >= 15 is 0 Å². The average molecular weight is 282 g/mol. The molecule has 0 amide bonds. The topological polar surface area (TPSA) is 38.8 Å². The molecule has 0 radical (unpaired) electrons. The van der Waals surface area contributed by atoms with Crippen LogP contribution in [0.15, 0.2) is 42.5 Å². The fourth-order valence-corrected chi connectivity index (χ4v) is 2.34. The largest absolute Gasteiger partial charge is 0.490 e. The fourth-order valence-electron chi connectivity index (χ4n) is 2.34. The van der Waals surface area contributed by atoms with Gasteiger partial charge in [0.05, 0.1) is 6.61 Å². The van der Waals surface area contributed by atoms with Gasteiger partial charge in [-0.3, -0.25) is 4.79 Å². The maximum absolute atomic E-state index is 12.7. The maximum Gasteiger partial charge on any atom is 0.193 e. The molecule has 3 nitrogen and oxygen atoms in total. The molecule has 3 heteroatoms. The first-order valence-corrected chi connectivity index (χ1v) is 7.11. The summed E-state index contributed by atoms with van der Waals surface area (Å²) in [6, 6.07) is 13.3. The molecule has 1 unspecified atom stereocenters. The molecule has 0 bridgehead atoms. The summed E-state index contributed by atoms with van der Waals surface area (Å²) in [7, 11) is 0. The Kier molecular flexibility index (Phi) is 3.76. The predicted molar refractivity (Wildman–Crippen MR) is 81.0 cm³/mol. The number of hydrogen-bond donors (Lipinski definition) is 0. The molecule has 0 aliphatic carbocycles. The van der Waals surface area contributed by atoms with Crippen molar-refractivity contribution in [3.8, 4) is 5.75 Å². The van der Waals surface area contributed by atoms with E-state index in [9.17, 15) is 4.79 Å². The first kappa shape index (κ1) is 13.8. The van der Waals surface area contributed by atoms with E-state index in [2.05, 4.69) is 0 Å². The number of carbonyl (C=O) groups excluding carboxylic acids is 1. The Bertz CT molecular complexity index is 672. The van der Waals surface area contributed by atoms with Crippen LogP contribution in [0.4, 0.5) is 0 Å². The van der Waals surface area contributed by atoms with Gasteiger partial charge in [-0.25, -0.2) is 0 Å². The Morgan fingerprint density at radius 1 is 1.14 bits per heavy atom. The second-order valence-corrected chi connectivity index (χ2v) is 5.34. The summed E-state index contributed by atoms with van der Waals surface area (Å²) in [5.41, 5.74) is 3.30. The quantitative estimate of drug-likeness (QED) is 0.624. The average Bonchev–Trinajstić information content (AvgIpc) is 3.30. The number of carbonyl (C=O) groups is 1. The number of ketones is 1. The SMILES string of the molecule is Cc1ccccc1C(=O)c1cccc(OCC2CO2)c1C. The van der Waals surface area contributed by atoms with Crippen LogP contribution in [-0.2, 0) is 4.74 Å². The minimum Gasteiger partial charge on any atom is -0.490 e. The van der Waals surface area contributed by atoms with Gasteiger partial charge >= 0.3 is 0 Å². The molecule has 21 heavy (non-hydrogen) atoms. The van der Waals surface area contributed by atoms with Crippen LogP contribution in [0.5, 0.6) is 5.75 Å². The zero-order chi connectivity index (χ0) is 14.8. The maximum atomic E-state index is 12.7. The molecule has 1 atom stereocenters. The molecule has 3 rings (SSSR count). The first-order valence-electron chi connectivity index (χ1n) is 7.11. The minimum absolute atomic E-state index is 0.0405.